The molecule has 3 rings (SSSR count). The third-order valence-electron chi connectivity index (χ3n) is 3.89. The van der Waals surface area contributed by atoms with Gasteiger partial charge in [0.1, 0.15) is 11.9 Å². The SMILES string of the molecule is Cc1cc(C(=O)O)cc(C(=O)Nc2ccc(OC3CCOC3)cc2)c1. The van der Waals surface area contributed by atoms with Gasteiger partial charge in [0.05, 0.1) is 18.8 Å². The van der Waals surface area contributed by atoms with Crippen LogP contribution in [0.25, 0.3) is 0 Å². The number of carboxylic acid groups (broad SMARTS) is 1. The Hall–Kier alpha value is -2.86. The van der Waals surface area contributed by atoms with Crippen LogP contribution in [0.4, 0.5) is 5.69 Å². The molecular weight excluding hydrogens is 322 g/mol. The summed E-state index contributed by atoms with van der Waals surface area (Å²) >= 11 is 0. The number of carboxylic acids is 1. The summed E-state index contributed by atoms with van der Waals surface area (Å²) in [5.74, 6) is -0.698. The number of ether oxygens (including phenoxy) is 2. The van der Waals surface area contributed by atoms with Crippen LogP contribution in [0.15, 0.2) is 42.5 Å². The van der Waals surface area contributed by atoms with Gasteiger partial charge >= 0.3 is 5.97 Å². The van der Waals surface area contributed by atoms with Gasteiger partial charge in [0.2, 0.25) is 0 Å². The highest BCUT2D eigenvalue weighted by Gasteiger charge is 2.17. The first-order valence-corrected chi connectivity index (χ1v) is 8.02. The molecule has 6 heteroatoms. The van der Waals surface area contributed by atoms with E-state index in [0.717, 1.165) is 12.2 Å². The Labute approximate surface area is 145 Å². The van der Waals surface area contributed by atoms with Crippen LogP contribution in [0.3, 0.4) is 0 Å². The van der Waals surface area contributed by atoms with E-state index in [1.165, 1.54) is 12.1 Å². The minimum atomic E-state index is -1.06. The van der Waals surface area contributed by atoms with E-state index >= 15 is 0 Å². The molecule has 2 N–H and O–H groups in total. The number of aryl methyl sites for hydroxylation is 1. The number of anilines is 1. The minimum absolute atomic E-state index is 0.0715. The molecule has 2 aromatic rings. The van der Waals surface area contributed by atoms with Crippen LogP contribution >= 0.6 is 0 Å². The van der Waals surface area contributed by atoms with Gasteiger partial charge in [-0.2, -0.15) is 0 Å². The zero-order valence-electron chi connectivity index (χ0n) is 13.8. The van der Waals surface area contributed by atoms with Crippen molar-refractivity contribution in [1.29, 1.82) is 0 Å². The Kier molecular flexibility index (Phi) is 5.00. The predicted molar refractivity (Wildman–Crippen MR) is 92.4 cm³/mol. The lowest BCUT2D eigenvalue weighted by atomic mass is 10.1. The molecule has 1 fully saturated rings. The fourth-order valence-corrected chi connectivity index (χ4v) is 2.66. The van der Waals surface area contributed by atoms with Crippen LogP contribution < -0.4 is 10.1 Å². The first-order valence-electron chi connectivity index (χ1n) is 8.02. The molecule has 0 bridgehead atoms. The second-order valence-electron chi connectivity index (χ2n) is 5.97. The quantitative estimate of drug-likeness (QED) is 0.873. The predicted octanol–water partition coefficient (Wildman–Crippen LogP) is 3.11. The maximum atomic E-state index is 12.4. The maximum Gasteiger partial charge on any atom is 0.335 e. The average Bonchev–Trinajstić information content (AvgIpc) is 3.09. The molecule has 0 aliphatic carbocycles. The van der Waals surface area contributed by atoms with Crippen molar-refractivity contribution in [2.24, 2.45) is 0 Å². The fourth-order valence-electron chi connectivity index (χ4n) is 2.66. The van der Waals surface area contributed by atoms with Gasteiger partial charge in [0.15, 0.2) is 0 Å². The largest absolute Gasteiger partial charge is 0.488 e. The minimum Gasteiger partial charge on any atom is -0.488 e. The van der Waals surface area contributed by atoms with Crippen molar-refractivity contribution in [3.63, 3.8) is 0 Å². The zero-order chi connectivity index (χ0) is 17.8. The van der Waals surface area contributed by atoms with E-state index < -0.39 is 5.97 Å². The highest BCUT2D eigenvalue weighted by atomic mass is 16.5. The molecule has 25 heavy (non-hydrogen) atoms. The van der Waals surface area contributed by atoms with Crippen LogP contribution in [-0.2, 0) is 4.74 Å². The summed E-state index contributed by atoms with van der Waals surface area (Å²) < 4.78 is 11.0. The van der Waals surface area contributed by atoms with Crippen molar-refractivity contribution in [3.05, 3.63) is 59.2 Å². The summed E-state index contributed by atoms with van der Waals surface area (Å²) in [6.07, 6.45) is 0.944. The summed E-state index contributed by atoms with van der Waals surface area (Å²) in [5.41, 5.74) is 1.72. The van der Waals surface area contributed by atoms with Gasteiger partial charge in [-0.25, -0.2) is 4.79 Å². The highest BCUT2D eigenvalue weighted by Crippen LogP contribution is 2.20. The first-order chi connectivity index (χ1) is 12.0. The molecule has 1 atom stereocenters. The van der Waals surface area contributed by atoms with Crippen LogP contribution in [0, 0.1) is 6.92 Å². The molecule has 1 aliphatic heterocycles. The molecule has 0 saturated carbocycles. The van der Waals surface area contributed by atoms with Crippen molar-refractivity contribution in [2.75, 3.05) is 18.5 Å². The third-order valence-corrected chi connectivity index (χ3v) is 3.89. The molecule has 1 amide bonds. The van der Waals surface area contributed by atoms with Gasteiger partial charge in [-0.15, -0.1) is 0 Å². The van der Waals surface area contributed by atoms with E-state index in [2.05, 4.69) is 5.32 Å². The highest BCUT2D eigenvalue weighted by molar-refractivity contribution is 6.05. The van der Waals surface area contributed by atoms with Crippen molar-refractivity contribution in [1.82, 2.24) is 0 Å². The van der Waals surface area contributed by atoms with E-state index in [4.69, 9.17) is 14.6 Å². The van der Waals surface area contributed by atoms with E-state index in [-0.39, 0.29) is 17.6 Å². The van der Waals surface area contributed by atoms with Crippen molar-refractivity contribution in [3.8, 4) is 5.75 Å². The van der Waals surface area contributed by atoms with Crippen molar-refractivity contribution in [2.45, 2.75) is 19.4 Å². The molecule has 0 radical (unpaired) electrons. The Bertz CT molecular complexity index is 779. The van der Waals surface area contributed by atoms with Gasteiger partial charge < -0.3 is 19.9 Å². The number of aromatic carboxylic acids is 1. The van der Waals surface area contributed by atoms with Crippen LogP contribution in [0.5, 0.6) is 5.75 Å². The Morgan fingerprint density at radius 2 is 1.88 bits per heavy atom. The van der Waals surface area contributed by atoms with Crippen LogP contribution in [0.2, 0.25) is 0 Å². The number of hydrogen-bond acceptors (Lipinski definition) is 4. The number of rotatable bonds is 5. The monoisotopic (exact) mass is 341 g/mol. The van der Waals surface area contributed by atoms with Gasteiger partial charge in [-0.1, -0.05) is 0 Å². The summed E-state index contributed by atoms with van der Waals surface area (Å²) in [6, 6.07) is 11.6. The molecule has 1 saturated heterocycles. The number of carbonyl (C=O) groups is 2. The van der Waals surface area contributed by atoms with Crippen molar-refractivity contribution >= 4 is 17.6 Å². The van der Waals surface area contributed by atoms with Crippen LogP contribution in [-0.4, -0.2) is 36.3 Å². The Morgan fingerprint density at radius 1 is 1.16 bits per heavy atom. The van der Waals surface area contributed by atoms with Gasteiger partial charge in [-0.3, -0.25) is 4.79 Å². The summed E-state index contributed by atoms with van der Waals surface area (Å²) in [4.78, 5) is 23.5. The van der Waals surface area contributed by atoms with E-state index in [0.29, 0.717) is 30.0 Å². The lowest BCUT2D eigenvalue weighted by Crippen LogP contribution is -2.16. The topological polar surface area (TPSA) is 84.9 Å². The molecule has 0 aromatic heterocycles. The molecule has 6 nitrogen and oxygen atoms in total. The number of amides is 1. The van der Waals surface area contributed by atoms with E-state index in [1.54, 1.807) is 37.3 Å². The van der Waals surface area contributed by atoms with Crippen LogP contribution in [0.1, 0.15) is 32.7 Å². The Morgan fingerprint density at radius 3 is 2.52 bits per heavy atom. The summed E-state index contributed by atoms with van der Waals surface area (Å²) in [5, 5.41) is 11.9. The molecule has 130 valence electrons. The normalized spacial score (nSPS) is 16.4. The maximum absolute atomic E-state index is 12.4. The molecule has 2 aromatic carbocycles. The van der Waals surface area contributed by atoms with Gasteiger partial charge in [0, 0.05) is 17.7 Å². The first kappa shape index (κ1) is 17.0. The van der Waals surface area contributed by atoms with E-state index in [1.807, 2.05) is 0 Å². The lowest BCUT2D eigenvalue weighted by Gasteiger charge is -2.12. The number of benzene rings is 2. The summed E-state index contributed by atoms with van der Waals surface area (Å²) in [7, 11) is 0. The van der Waals surface area contributed by atoms with E-state index in [9.17, 15) is 9.59 Å². The Balaban J connectivity index is 1.67. The molecule has 1 aliphatic rings. The average molecular weight is 341 g/mol. The number of carbonyl (C=O) groups excluding carboxylic acids is 1. The number of nitrogens with one attached hydrogen (secondary N) is 1. The molecule has 0 spiro atoms. The molecule has 1 unspecified atom stereocenters. The van der Waals surface area contributed by atoms with Gasteiger partial charge in [0.25, 0.3) is 5.91 Å². The smallest absolute Gasteiger partial charge is 0.335 e. The standard InChI is InChI=1S/C19H19NO5/c1-12-8-13(10-14(9-12)19(22)23)18(21)20-15-2-4-16(5-3-15)25-17-6-7-24-11-17/h2-5,8-10,17H,6-7,11H2,1H3,(H,20,21)(H,22,23). The molecular formula is C19H19NO5. The third kappa shape index (κ3) is 4.36. The van der Waals surface area contributed by atoms with Gasteiger partial charge in [-0.05, 0) is 55.0 Å². The van der Waals surface area contributed by atoms with Crippen molar-refractivity contribution < 1.29 is 24.2 Å². The molecule has 1 heterocycles. The lowest BCUT2D eigenvalue weighted by molar-refractivity contribution is 0.0696. The zero-order valence-corrected chi connectivity index (χ0v) is 13.8. The summed E-state index contributed by atoms with van der Waals surface area (Å²) in [6.45, 7) is 3.06. The second-order valence-corrected chi connectivity index (χ2v) is 5.97. The second kappa shape index (κ2) is 7.36. The fraction of sp³-hybridized carbons (Fsp3) is 0.263. The number of hydrogen-bond donors (Lipinski definition) is 2.